The molecule has 0 aromatic heterocycles. The highest BCUT2D eigenvalue weighted by atomic mass is 32.2. The summed E-state index contributed by atoms with van der Waals surface area (Å²) < 4.78 is 37.5. The van der Waals surface area contributed by atoms with Gasteiger partial charge in [0.1, 0.15) is 0 Å². The maximum Gasteiger partial charge on any atom is 0.416 e. The van der Waals surface area contributed by atoms with E-state index in [1.165, 1.54) is 6.07 Å². The first kappa shape index (κ1) is 13.3. The predicted molar refractivity (Wildman–Crippen MR) is 67.6 cm³/mol. The molecule has 2 rings (SSSR count). The van der Waals surface area contributed by atoms with Gasteiger partial charge in [-0.2, -0.15) is 13.2 Å². The van der Waals surface area contributed by atoms with Gasteiger partial charge in [0.15, 0.2) is 5.17 Å². The summed E-state index contributed by atoms with van der Waals surface area (Å²) >= 11 is 1.61. The first-order valence-electron chi connectivity index (χ1n) is 5.56. The number of halogens is 3. The van der Waals surface area contributed by atoms with Gasteiger partial charge in [0, 0.05) is 11.8 Å². The van der Waals surface area contributed by atoms with Crippen molar-refractivity contribution < 1.29 is 13.2 Å². The molecule has 1 N–H and O–H groups in total. The smallest absolute Gasteiger partial charge is 0.361 e. The first-order valence-corrected chi connectivity index (χ1v) is 6.44. The Morgan fingerprint density at radius 1 is 1.44 bits per heavy atom. The molecule has 6 heteroatoms. The van der Waals surface area contributed by atoms with Gasteiger partial charge in [-0.3, -0.25) is 4.99 Å². The summed E-state index contributed by atoms with van der Waals surface area (Å²) in [6.45, 7) is 3.19. The van der Waals surface area contributed by atoms with Crippen LogP contribution in [0.25, 0.3) is 0 Å². The second-order valence-corrected chi connectivity index (χ2v) is 5.55. The first-order chi connectivity index (χ1) is 8.45. The zero-order valence-corrected chi connectivity index (χ0v) is 10.6. The highest BCUT2D eigenvalue weighted by Crippen LogP contribution is 2.29. The lowest BCUT2D eigenvalue weighted by Gasteiger charge is -2.10. The third-order valence-corrected chi connectivity index (χ3v) is 3.55. The number of hydrogen-bond acceptors (Lipinski definition) is 3. The van der Waals surface area contributed by atoms with Crippen LogP contribution in [0.4, 0.5) is 13.2 Å². The second-order valence-electron chi connectivity index (χ2n) is 4.13. The Balaban J connectivity index is 1.98. The van der Waals surface area contributed by atoms with E-state index in [2.05, 4.69) is 17.2 Å². The summed E-state index contributed by atoms with van der Waals surface area (Å²) in [5.41, 5.74) is -0.0103. The Kier molecular flexibility index (Phi) is 3.85. The van der Waals surface area contributed by atoms with Crippen molar-refractivity contribution in [3.05, 3.63) is 35.4 Å². The Hall–Kier alpha value is -1.17. The molecule has 1 heterocycles. The largest absolute Gasteiger partial charge is 0.416 e. The van der Waals surface area contributed by atoms with Gasteiger partial charge in [-0.15, -0.1) is 0 Å². The second kappa shape index (κ2) is 5.22. The number of amidine groups is 1. The standard InChI is InChI=1S/C12H13F3N2S/c1-8-6-16-11(18-8)17-7-9-3-2-4-10(5-9)12(13,14)15/h2-5,8H,6-7H2,1H3,(H,16,17). The van der Waals surface area contributed by atoms with Gasteiger partial charge >= 0.3 is 6.18 Å². The molecule has 0 radical (unpaired) electrons. The number of nitrogens with zero attached hydrogens (tertiary/aromatic N) is 1. The maximum atomic E-state index is 12.5. The van der Waals surface area contributed by atoms with Crippen molar-refractivity contribution in [2.45, 2.75) is 24.9 Å². The van der Waals surface area contributed by atoms with Crippen molar-refractivity contribution in [1.82, 2.24) is 5.32 Å². The number of rotatable bonds is 2. The number of hydrogen-bond donors (Lipinski definition) is 1. The number of alkyl halides is 3. The van der Waals surface area contributed by atoms with Gasteiger partial charge in [-0.25, -0.2) is 0 Å². The number of aliphatic imine (C=N–C) groups is 1. The highest BCUT2D eigenvalue weighted by Gasteiger charge is 2.30. The number of thioether (sulfide) groups is 1. The monoisotopic (exact) mass is 274 g/mol. The number of nitrogens with one attached hydrogen (secondary N) is 1. The minimum atomic E-state index is -4.29. The summed E-state index contributed by atoms with van der Waals surface area (Å²) in [7, 11) is 0. The average Bonchev–Trinajstić information content (AvgIpc) is 2.72. The summed E-state index contributed by atoms with van der Waals surface area (Å²) in [6, 6.07) is 5.34. The lowest BCUT2D eigenvalue weighted by atomic mass is 10.1. The molecule has 0 bridgehead atoms. The fraction of sp³-hybridized carbons (Fsp3) is 0.417. The van der Waals surface area contributed by atoms with Crippen LogP contribution in [-0.2, 0) is 12.7 Å². The molecule has 0 spiro atoms. The van der Waals surface area contributed by atoms with E-state index in [1.54, 1.807) is 17.8 Å². The highest BCUT2D eigenvalue weighted by molar-refractivity contribution is 8.14. The van der Waals surface area contributed by atoms with Gasteiger partial charge in [0.2, 0.25) is 0 Å². The van der Waals surface area contributed by atoms with Crippen molar-refractivity contribution in [3.8, 4) is 0 Å². The van der Waals surface area contributed by atoms with Crippen molar-refractivity contribution in [3.63, 3.8) is 0 Å². The van der Waals surface area contributed by atoms with Gasteiger partial charge in [0.25, 0.3) is 0 Å². The Morgan fingerprint density at radius 3 is 2.83 bits per heavy atom. The van der Waals surface area contributed by atoms with E-state index < -0.39 is 11.7 Å². The fourth-order valence-electron chi connectivity index (χ4n) is 1.61. The summed E-state index contributed by atoms with van der Waals surface area (Å²) in [6.07, 6.45) is -4.29. The van der Waals surface area contributed by atoms with Gasteiger partial charge in [0.05, 0.1) is 12.1 Å². The molecule has 0 aliphatic carbocycles. The van der Waals surface area contributed by atoms with Crippen LogP contribution in [0, 0.1) is 0 Å². The Labute approximate surface area is 108 Å². The van der Waals surface area contributed by atoms with E-state index in [-0.39, 0.29) is 0 Å². The molecule has 1 aliphatic heterocycles. The molecule has 1 aromatic rings. The lowest BCUT2D eigenvalue weighted by molar-refractivity contribution is -0.137. The van der Waals surface area contributed by atoms with E-state index in [0.29, 0.717) is 17.4 Å². The molecule has 1 unspecified atom stereocenters. The Morgan fingerprint density at radius 2 is 2.22 bits per heavy atom. The molecule has 0 fully saturated rings. The molecule has 98 valence electrons. The van der Waals surface area contributed by atoms with E-state index in [1.807, 2.05) is 0 Å². The minimum absolute atomic E-state index is 0.364. The van der Waals surface area contributed by atoms with E-state index in [9.17, 15) is 13.2 Å². The van der Waals surface area contributed by atoms with Gasteiger partial charge in [-0.05, 0) is 17.7 Å². The summed E-state index contributed by atoms with van der Waals surface area (Å²) in [4.78, 5) is 4.25. The van der Waals surface area contributed by atoms with E-state index in [0.717, 1.165) is 23.8 Å². The van der Waals surface area contributed by atoms with Crippen molar-refractivity contribution in [2.24, 2.45) is 4.99 Å². The van der Waals surface area contributed by atoms with Crippen molar-refractivity contribution in [1.29, 1.82) is 0 Å². The molecule has 1 aliphatic rings. The fourth-order valence-corrected chi connectivity index (χ4v) is 2.44. The molecule has 2 nitrogen and oxygen atoms in total. The quantitative estimate of drug-likeness (QED) is 0.895. The van der Waals surface area contributed by atoms with Crippen LogP contribution in [0.15, 0.2) is 29.3 Å². The molecular weight excluding hydrogens is 261 g/mol. The normalized spacial score (nSPS) is 19.8. The SMILES string of the molecule is CC1CN=C(NCc2cccc(C(F)(F)F)c2)S1. The Bertz CT molecular complexity index is 457. The zero-order valence-electron chi connectivity index (χ0n) is 9.79. The zero-order chi connectivity index (χ0) is 13.2. The molecular formula is C12H13F3N2S. The van der Waals surface area contributed by atoms with Crippen LogP contribution in [0.2, 0.25) is 0 Å². The molecule has 0 saturated heterocycles. The van der Waals surface area contributed by atoms with Crippen LogP contribution in [0.1, 0.15) is 18.1 Å². The van der Waals surface area contributed by atoms with Crippen molar-refractivity contribution >= 4 is 16.9 Å². The van der Waals surface area contributed by atoms with E-state index >= 15 is 0 Å². The van der Waals surface area contributed by atoms with Crippen LogP contribution < -0.4 is 5.32 Å². The number of benzene rings is 1. The van der Waals surface area contributed by atoms with E-state index in [4.69, 9.17) is 0 Å². The minimum Gasteiger partial charge on any atom is -0.361 e. The van der Waals surface area contributed by atoms with Crippen LogP contribution in [0.3, 0.4) is 0 Å². The lowest BCUT2D eigenvalue weighted by Crippen LogP contribution is -2.19. The topological polar surface area (TPSA) is 24.4 Å². The molecule has 1 aromatic carbocycles. The molecule has 0 saturated carbocycles. The maximum absolute atomic E-state index is 12.5. The summed E-state index contributed by atoms with van der Waals surface area (Å²) in [5, 5.41) is 4.30. The third-order valence-electron chi connectivity index (χ3n) is 2.50. The van der Waals surface area contributed by atoms with Crippen LogP contribution in [0.5, 0.6) is 0 Å². The van der Waals surface area contributed by atoms with Crippen LogP contribution >= 0.6 is 11.8 Å². The van der Waals surface area contributed by atoms with Crippen LogP contribution in [-0.4, -0.2) is 17.0 Å². The van der Waals surface area contributed by atoms with Crippen molar-refractivity contribution in [2.75, 3.05) is 6.54 Å². The average molecular weight is 274 g/mol. The molecule has 1 atom stereocenters. The summed E-state index contributed by atoms with van der Waals surface area (Å²) in [5.74, 6) is 0. The van der Waals surface area contributed by atoms with Gasteiger partial charge < -0.3 is 5.32 Å². The van der Waals surface area contributed by atoms with Gasteiger partial charge in [-0.1, -0.05) is 30.8 Å². The predicted octanol–water partition coefficient (Wildman–Crippen LogP) is 3.29. The third kappa shape index (κ3) is 3.41. The molecule has 18 heavy (non-hydrogen) atoms. The molecule has 0 amide bonds.